The molecule has 1 aromatic heterocycles. The summed E-state index contributed by atoms with van der Waals surface area (Å²) in [5.41, 5.74) is 3.22. The van der Waals surface area contributed by atoms with Crippen LogP contribution < -0.4 is 4.74 Å². The van der Waals surface area contributed by atoms with Crippen molar-refractivity contribution in [1.29, 1.82) is 5.41 Å². The first kappa shape index (κ1) is 28.0. The van der Waals surface area contributed by atoms with Gasteiger partial charge in [0, 0.05) is 47.9 Å². The van der Waals surface area contributed by atoms with Crippen LogP contribution in [0.5, 0.6) is 11.5 Å². The molecule has 0 bridgehead atoms. The Balaban J connectivity index is 0.00000336. The summed E-state index contributed by atoms with van der Waals surface area (Å²) in [6, 6.07) is 7.35. The van der Waals surface area contributed by atoms with Crippen LogP contribution in [0.25, 0.3) is 0 Å². The van der Waals surface area contributed by atoms with E-state index in [4.69, 9.17) is 20.2 Å². The van der Waals surface area contributed by atoms with Crippen LogP contribution in [0.3, 0.4) is 0 Å². The minimum atomic E-state index is -0.889. The van der Waals surface area contributed by atoms with Crippen LogP contribution in [0.2, 0.25) is 0 Å². The Morgan fingerprint density at radius 1 is 1.16 bits per heavy atom. The average molecular weight is 588 g/mol. The minimum Gasteiger partial charge on any atom is -0.504 e. The van der Waals surface area contributed by atoms with Crippen LogP contribution in [-0.4, -0.2) is 74.9 Å². The van der Waals surface area contributed by atoms with Crippen molar-refractivity contribution in [2.75, 3.05) is 26.2 Å². The van der Waals surface area contributed by atoms with Gasteiger partial charge < -0.3 is 19.8 Å². The number of ether oxygens (including phenoxy) is 1. The average Bonchev–Trinajstić information content (AvgIpc) is 3.52. The number of nitrogens with one attached hydrogen (secondary N) is 1. The number of fused-ring (bicyclic) bond motifs is 1. The van der Waals surface area contributed by atoms with E-state index in [1.54, 1.807) is 21.9 Å². The second-order valence-corrected chi connectivity index (χ2v) is 11.4. The standard InChI is InChI=1S/C28H34N4O5.BrH/c1-28(2,3)20-10-18(11-23(26(20)36)37-19-8-9-31(13-19)15-24(34)35)22(33)14-32-12-17-6-7-21(16-4-5-16)30-25(17)27(32)29;/h6-7,10-11,16,19,29,36H,4-5,8-9,12-15H2,1-3H3,(H,34,35);1H. The molecule has 3 aliphatic rings. The lowest BCUT2D eigenvalue weighted by atomic mass is 9.84. The van der Waals surface area contributed by atoms with Gasteiger partial charge in [0.15, 0.2) is 17.3 Å². The number of phenolic OH excluding ortho intramolecular Hbond substituents is 1. The Hall–Kier alpha value is -2.98. The van der Waals surface area contributed by atoms with Gasteiger partial charge in [0.2, 0.25) is 0 Å². The fraction of sp³-hybridized carbons (Fsp3) is 0.500. The molecule has 0 spiro atoms. The van der Waals surface area contributed by atoms with E-state index in [9.17, 15) is 14.7 Å². The van der Waals surface area contributed by atoms with Gasteiger partial charge in [-0.15, -0.1) is 17.0 Å². The molecule has 5 rings (SSSR count). The van der Waals surface area contributed by atoms with Crippen molar-refractivity contribution in [2.45, 2.75) is 64.0 Å². The molecular weight excluding hydrogens is 552 g/mol. The maximum Gasteiger partial charge on any atom is 0.317 e. The van der Waals surface area contributed by atoms with Crippen molar-refractivity contribution in [3.63, 3.8) is 0 Å². The lowest BCUT2D eigenvalue weighted by Gasteiger charge is -2.25. The summed E-state index contributed by atoms with van der Waals surface area (Å²) in [7, 11) is 0. The lowest BCUT2D eigenvalue weighted by Crippen LogP contribution is -2.31. The highest BCUT2D eigenvalue weighted by molar-refractivity contribution is 8.93. The number of ketones is 1. The summed E-state index contributed by atoms with van der Waals surface area (Å²) in [5.74, 6) is -0.0704. The summed E-state index contributed by atoms with van der Waals surface area (Å²) >= 11 is 0. The van der Waals surface area contributed by atoms with Gasteiger partial charge in [-0.3, -0.25) is 19.9 Å². The first-order chi connectivity index (χ1) is 17.5. The Kier molecular flexibility index (Phi) is 7.86. The molecule has 1 aliphatic carbocycles. The quantitative estimate of drug-likeness (QED) is 0.394. The molecular formula is C28H35BrN4O5. The number of aromatic nitrogens is 1. The third-order valence-corrected chi connectivity index (χ3v) is 7.32. The van der Waals surface area contributed by atoms with Crippen molar-refractivity contribution < 1.29 is 24.5 Å². The number of amidine groups is 1. The number of likely N-dealkylation sites (tertiary alicyclic amines) is 1. The van der Waals surface area contributed by atoms with Gasteiger partial charge >= 0.3 is 5.97 Å². The molecule has 0 radical (unpaired) electrons. The normalized spacial score (nSPS) is 19.3. The van der Waals surface area contributed by atoms with E-state index in [-0.39, 0.29) is 59.3 Å². The predicted molar refractivity (Wildman–Crippen MR) is 148 cm³/mol. The van der Waals surface area contributed by atoms with Crippen LogP contribution >= 0.6 is 17.0 Å². The number of carbonyl (C=O) groups is 2. The first-order valence-corrected chi connectivity index (χ1v) is 12.8. The lowest BCUT2D eigenvalue weighted by molar-refractivity contribution is -0.138. The summed E-state index contributed by atoms with van der Waals surface area (Å²) in [6.07, 6.45) is 2.63. The number of pyridine rings is 1. The number of carbonyl (C=O) groups excluding carboxylic acids is 1. The summed E-state index contributed by atoms with van der Waals surface area (Å²) in [6.45, 7) is 7.34. The molecule has 9 nitrogen and oxygen atoms in total. The zero-order valence-electron chi connectivity index (χ0n) is 22.0. The molecule has 1 saturated carbocycles. The third-order valence-electron chi connectivity index (χ3n) is 7.32. The van der Waals surface area contributed by atoms with Crippen LogP contribution in [-0.2, 0) is 16.8 Å². The van der Waals surface area contributed by atoms with E-state index >= 15 is 0 Å². The summed E-state index contributed by atoms with van der Waals surface area (Å²) in [5, 5.41) is 28.7. The SMILES string of the molecule is Br.CC(C)(C)c1cc(C(=O)CN2Cc3ccc(C4CC4)nc3C2=N)cc(OC2CCN(CC(=O)O)C2)c1O. The van der Waals surface area contributed by atoms with Crippen LogP contribution in [0.15, 0.2) is 24.3 Å². The van der Waals surface area contributed by atoms with Gasteiger partial charge in [-0.2, -0.15) is 0 Å². The van der Waals surface area contributed by atoms with E-state index < -0.39 is 11.4 Å². The van der Waals surface area contributed by atoms with Crippen LogP contribution in [0, 0.1) is 5.41 Å². The topological polar surface area (TPSA) is 127 Å². The number of rotatable bonds is 8. The van der Waals surface area contributed by atoms with Crippen LogP contribution in [0.1, 0.15) is 78.8 Å². The van der Waals surface area contributed by atoms with Gasteiger partial charge in [-0.05, 0) is 42.9 Å². The highest BCUT2D eigenvalue weighted by atomic mass is 79.9. The van der Waals surface area contributed by atoms with Gasteiger partial charge in [-0.1, -0.05) is 26.8 Å². The molecule has 10 heteroatoms. The Morgan fingerprint density at radius 3 is 2.55 bits per heavy atom. The Morgan fingerprint density at radius 2 is 1.89 bits per heavy atom. The highest BCUT2D eigenvalue weighted by Gasteiger charge is 2.33. The smallest absolute Gasteiger partial charge is 0.317 e. The number of phenols is 1. The van der Waals surface area contributed by atoms with Gasteiger partial charge in [0.25, 0.3) is 0 Å². The van der Waals surface area contributed by atoms with E-state index in [2.05, 4.69) is 0 Å². The minimum absolute atomic E-state index is 0. The number of hydrogen-bond donors (Lipinski definition) is 3. The van der Waals surface area contributed by atoms with Crippen molar-refractivity contribution in [1.82, 2.24) is 14.8 Å². The molecule has 38 heavy (non-hydrogen) atoms. The fourth-order valence-electron chi connectivity index (χ4n) is 5.11. The molecule has 2 aliphatic heterocycles. The molecule has 3 N–H and O–H groups in total. The van der Waals surface area contributed by atoms with Crippen molar-refractivity contribution in [2.24, 2.45) is 0 Å². The van der Waals surface area contributed by atoms with E-state index in [1.807, 2.05) is 32.9 Å². The van der Waals surface area contributed by atoms with Crippen LogP contribution in [0.4, 0.5) is 0 Å². The molecule has 1 unspecified atom stereocenters. The second-order valence-electron chi connectivity index (χ2n) is 11.4. The van der Waals surface area contributed by atoms with Gasteiger partial charge in [0.05, 0.1) is 13.1 Å². The first-order valence-electron chi connectivity index (χ1n) is 12.8. The van der Waals surface area contributed by atoms with Crippen molar-refractivity contribution in [3.05, 3.63) is 52.3 Å². The number of hydrogen-bond acceptors (Lipinski definition) is 7. The predicted octanol–water partition coefficient (Wildman–Crippen LogP) is 4.10. The number of carboxylic acids is 1. The molecule has 1 saturated heterocycles. The van der Waals surface area contributed by atoms with Crippen molar-refractivity contribution >= 4 is 34.6 Å². The van der Waals surface area contributed by atoms with Gasteiger partial charge in [0.1, 0.15) is 17.6 Å². The summed E-state index contributed by atoms with van der Waals surface area (Å²) in [4.78, 5) is 32.8. The second kappa shape index (κ2) is 10.6. The number of aliphatic carboxylic acids is 1. The van der Waals surface area contributed by atoms with E-state index in [0.717, 1.165) is 24.1 Å². The van der Waals surface area contributed by atoms with Gasteiger partial charge in [-0.25, -0.2) is 4.98 Å². The van der Waals surface area contributed by atoms with E-state index in [1.165, 1.54) is 0 Å². The largest absolute Gasteiger partial charge is 0.504 e. The molecule has 204 valence electrons. The molecule has 0 amide bonds. The molecule has 1 aromatic carbocycles. The molecule has 1 atom stereocenters. The summed E-state index contributed by atoms with van der Waals surface area (Å²) < 4.78 is 6.13. The van der Waals surface area contributed by atoms with E-state index in [0.29, 0.717) is 48.8 Å². The Bertz CT molecular complexity index is 1270. The highest BCUT2D eigenvalue weighted by Crippen LogP contribution is 2.41. The zero-order valence-corrected chi connectivity index (χ0v) is 23.7. The maximum absolute atomic E-state index is 13.5. The van der Waals surface area contributed by atoms with Crippen molar-refractivity contribution in [3.8, 4) is 11.5 Å². The number of Topliss-reactive ketones (excluding diaryl/α,β-unsaturated/α-hetero) is 1. The number of aromatic hydroxyl groups is 1. The Labute approximate surface area is 233 Å². The fourth-order valence-corrected chi connectivity index (χ4v) is 5.11. The monoisotopic (exact) mass is 586 g/mol. The number of halogens is 1. The third kappa shape index (κ3) is 5.86. The number of nitrogens with zero attached hydrogens (tertiary/aromatic N) is 3. The molecule has 2 aromatic rings. The maximum atomic E-state index is 13.5. The number of carboxylic acid groups (broad SMARTS) is 1. The molecule has 2 fully saturated rings. The molecule has 3 heterocycles. The zero-order chi connectivity index (χ0) is 26.5. The number of benzene rings is 1.